The fourth-order valence-corrected chi connectivity index (χ4v) is 4.28. The number of fused-ring (bicyclic) bond motifs is 1. The third-order valence-corrected chi connectivity index (χ3v) is 5.80. The summed E-state index contributed by atoms with van der Waals surface area (Å²) in [6, 6.07) is 5.07. The number of nitrogens with one attached hydrogen (secondary N) is 1. The van der Waals surface area contributed by atoms with Crippen molar-refractivity contribution in [1.29, 1.82) is 0 Å². The summed E-state index contributed by atoms with van der Waals surface area (Å²) >= 11 is 3.59. The van der Waals surface area contributed by atoms with Gasteiger partial charge in [-0.25, -0.2) is 4.39 Å². The number of rotatable bonds is 4. The first kappa shape index (κ1) is 15.5. The van der Waals surface area contributed by atoms with Crippen LogP contribution in [-0.2, 0) is 6.42 Å². The first-order valence-corrected chi connectivity index (χ1v) is 8.75. The summed E-state index contributed by atoms with van der Waals surface area (Å²) < 4.78 is 14.6. The van der Waals surface area contributed by atoms with Gasteiger partial charge in [0.1, 0.15) is 5.82 Å². The Morgan fingerprint density at radius 2 is 1.95 bits per heavy atom. The predicted octanol–water partition coefficient (Wildman–Crippen LogP) is 4.94. The van der Waals surface area contributed by atoms with Crippen LogP contribution in [0.5, 0.6) is 0 Å². The number of halogens is 2. The van der Waals surface area contributed by atoms with E-state index in [0.29, 0.717) is 5.41 Å². The Labute approximate surface area is 135 Å². The molecular weight excluding hydrogens is 329 g/mol. The van der Waals surface area contributed by atoms with Crippen LogP contribution in [0.1, 0.15) is 45.6 Å². The Kier molecular flexibility index (Phi) is 3.94. The van der Waals surface area contributed by atoms with Crippen molar-refractivity contribution in [2.45, 2.75) is 52.0 Å². The van der Waals surface area contributed by atoms with Crippen LogP contribution in [0.4, 0.5) is 4.39 Å². The van der Waals surface area contributed by atoms with Gasteiger partial charge in [0.25, 0.3) is 0 Å². The van der Waals surface area contributed by atoms with Crippen molar-refractivity contribution in [3.05, 3.63) is 34.1 Å². The molecule has 1 aromatic rings. The molecule has 1 nitrogen and oxygen atoms in total. The summed E-state index contributed by atoms with van der Waals surface area (Å²) in [5.41, 5.74) is 1.56. The summed E-state index contributed by atoms with van der Waals surface area (Å²) in [5, 5.41) is 3.69. The van der Waals surface area contributed by atoms with Crippen LogP contribution in [0, 0.1) is 23.1 Å². The standard InChI is InChI=1S/C18H25BrFN/c1-17(2,3)21-11-18(8-12-6-13(12)9-18)10-14-7-15(20)4-5-16(14)19/h4-5,7,12-13,21H,6,8-11H2,1-3H3. The average molecular weight is 354 g/mol. The molecule has 0 radical (unpaired) electrons. The van der Waals surface area contributed by atoms with E-state index >= 15 is 0 Å². The van der Waals surface area contributed by atoms with Gasteiger partial charge in [0.2, 0.25) is 0 Å². The van der Waals surface area contributed by atoms with Gasteiger partial charge in [0.05, 0.1) is 0 Å². The van der Waals surface area contributed by atoms with Crippen molar-refractivity contribution in [2.75, 3.05) is 6.54 Å². The van der Waals surface area contributed by atoms with Crippen LogP contribution in [0.25, 0.3) is 0 Å². The van der Waals surface area contributed by atoms with E-state index in [2.05, 4.69) is 42.0 Å². The van der Waals surface area contributed by atoms with E-state index in [4.69, 9.17) is 0 Å². The molecule has 0 saturated heterocycles. The minimum Gasteiger partial charge on any atom is -0.312 e. The molecule has 21 heavy (non-hydrogen) atoms. The first-order valence-electron chi connectivity index (χ1n) is 7.95. The highest BCUT2D eigenvalue weighted by molar-refractivity contribution is 9.10. The van der Waals surface area contributed by atoms with E-state index in [1.54, 1.807) is 6.07 Å². The summed E-state index contributed by atoms with van der Waals surface area (Å²) in [7, 11) is 0. The zero-order valence-electron chi connectivity index (χ0n) is 13.2. The summed E-state index contributed by atoms with van der Waals surface area (Å²) in [6.07, 6.45) is 4.98. The largest absolute Gasteiger partial charge is 0.312 e. The first-order chi connectivity index (χ1) is 9.76. The topological polar surface area (TPSA) is 12.0 Å². The SMILES string of the molecule is CC(C)(C)NCC1(Cc2cc(F)ccc2Br)CC2CC2C1. The smallest absolute Gasteiger partial charge is 0.123 e. The maximum absolute atomic E-state index is 13.6. The lowest BCUT2D eigenvalue weighted by atomic mass is 9.77. The van der Waals surface area contributed by atoms with E-state index in [-0.39, 0.29) is 11.4 Å². The van der Waals surface area contributed by atoms with Gasteiger partial charge in [-0.3, -0.25) is 0 Å². The molecule has 0 spiro atoms. The van der Waals surface area contributed by atoms with Gasteiger partial charge >= 0.3 is 0 Å². The lowest BCUT2D eigenvalue weighted by Crippen LogP contribution is -2.44. The third-order valence-electron chi connectivity index (χ3n) is 5.03. The fraction of sp³-hybridized carbons (Fsp3) is 0.667. The van der Waals surface area contributed by atoms with Gasteiger partial charge in [-0.1, -0.05) is 15.9 Å². The highest BCUT2D eigenvalue weighted by atomic mass is 79.9. The molecule has 1 N–H and O–H groups in total. The van der Waals surface area contributed by atoms with Crippen molar-refractivity contribution in [2.24, 2.45) is 17.3 Å². The molecule has 116 valence electrons. The van der Waals surface area contributed by atoms with Gasteiger partial charge in [0.15, 0.2) is 0 Å². The Balaban J connectivity index is 1.78. The van der Waals surface area contributed by atoms with E-state index in [1.807, 2.05) is 6.07 Å². The molecule has 0 aromatic heterocycles. The minimum atomic E-state index is -0.129. The molecular formula is C18H25BrFN. The number of benzene rings is 1. The van der Waals surface area contributed by atoms with Gasteiger partial charge in [-0.2, -0.15) is 0 Å². The van der Waals surface area contributed by atoms with Crippen LogP contribution < -0.4 is 5.32 Å². The van der Waals surface area contributed by atoms with Crippen LogP contribution >= 0.6 is 15.9 Å². The summed E-state index contributed by atoms with van der Waals surface area (Å²) in [5.74, 6) is 1.73. The van der Waals surface area contributed by atoms with Gasteiger partial charge in [-0.05, 0) is 87.5 Å². The van der Waals surface area contributed by atoms with E-state index in [0.717, 1.165) is 34.8 Å². The van der Waals surface area contributed by atoms with Crippen molar-refractivity contribution in [3.63, 3.8) is 0 Å². The Morgan fingerprint density at radius 3 is 2.57 bits per heavy atom. The maximum Gasteiger partial charge on any atom is 0.123 e. The molecule has 2 saturated carbocycles. The Bertz CT molecular complexity index is 525. The molecule has 2 unspecified atom stereocenters. The number of hydrogen-bond donors (Lipinski definition) is 1. The van der Waals surface area contributed by atoms with Crippen molar-refractivity contribution in [1.82, 2.24) is 5.32 Å². The van der Waals surface area contributed by atoms with Crippen LogP contribution in [0.2, 0.25) is 0 Å². The quantitative estimate of drug-likeness (QED) is 0.808. The Hall–Kier alpha value is -0.410. The summed E-state index contributed by atoms with van der Waals surface area (Å²) in [6.45, 7) is 7.68. The Morgan fingerprint density at radius 1 is 1.29 bits per heavy atom. The van der Waals surface area contributed by atoms with Crippen molar-refractivity contribution in [3.8, 4) is 0 Å². The molecule has 2 atom stereocenters. The van der Waals surface area contributed by atoms with Crippen molar-refractivity contribution < 1.29 is 4.39 Å². The van der Waals surface area contributed by atoms with E-state index in [9.17, 15) is 4.39 Å². The van der Waals surface area contributed by atoms with Gasteiger partial charge in [0, 0.05) is 16.6 Å². The molecule has 3 heteroatoms. The zero-order valence-corrected chi connectivity index (χ0v) is 14.8. The second-order valence-corrected chi connectivity index (χ2v) is 9.03. The predicted molar refractivity (Wildman–Crippen MR) is 88.8 cm³/mol. The van der Waals surface area contributed by atoms with E-state index < -0.39 is 0 Å². The molecule has 1 aromatic carbocycles. The molecule has 2 aliphatic carbocycles. The molecule has 2 aliphatic rings. The highest BCUT2D eigenvalue weighted by Crippen LogP contribution is 2.60. The molecule has 0 amide bonds. The molecule has 0 bridgehead atoms. The molecule has 0 heterocycles. The lowest BCUT2D eigenvalue weighted by molar-refractivity contribution is 0.221. The van der Waals surface area contributed by atoms with Crippen LogP contribution in [0.15, 0.2) is 22.7 Å². The monoisotopic (exact) mass is 353 g/mol. The molecule has 3 rings (SSSR count). The molecule has 0 aliphatic heterocycles. The van der Waals surface area contributed by atoms with Gasteiger partial charge in [-0.15, -0.1) is 0 Å². The molecule has 2 fully saturated rings. The van der Waals surface area contributed by atoms with Crippen LogP contribution in [0.3, 0.4) is 0 Å². The highest BCUT2D eigenvalue weighted by Gasteiger charge is 2.53. The fourth-order valence-electron chi connectivity index (χ4n) is 3.89. The third kappa shape index (κ3) is 3.68. The van der Waals surface area contributed by atoms with E-state index in [1.165, 1.54) is 25.3 Å². The lowest BCUT2D eigenvalue weighted by Gasteiger charge is -2.35. The second-order valence-electron chi connectivity index (χ2n) is 8.18. The average Bonchev–Trinajstić information content (AvgIpc) is 2.99. The minimum absolute atomic E-state index is 0.129. The number of hydrogen-bond acceptors (Lipinski definition) is 1. The maximum atomic E-state index is 13.6. The second kappa shape index (κ2) is 5.34. The normalized spacial score (nSPS) is 31.3. The van der Waals surface area contributed by atoms with Crippen molar-refractivity contribution >= 4 is 15.9 Å². The van der Waals surface area contributed by atoms with Crippen LogP contribution in [-0.4, -0.2) is 12.1 Å². The zero-order chi connectivity index (χ0) is 15.3. The summed E-state index contributed by atoms with van der Waals surface area (Å²) in [4.78, 5) is 0. The van der Waals surface area contributed by atoms with Gasteiger partial charge < -0.3 is 5.32 Å².